The molecule has 34 heavy (non-hydrogen) atoms. The molecule has 1 aliphatic rings. The molecule has 1 fully saturated rings. The minimum absolute atomic E-state index is 0.0642. The van der Waals surface area contributed by atoms with Crippen LogP contribution >= 0.6 is 0 Å². The number of nitro groups is 1. The van der Waals surface area contributed by atoms with E-state index < -0.39 is 11.3 Å². The summed E-state index contributed by atoms with van der Waals surface area (Å²) in [5.74, 6) is -0.939. The highest BCUT2D eigenvalue weighted by atomic mass is 19.4. The van der Waals surface area contributed by atoms with E-state index in [-0.39, 0.29) is 36.3 Å². The van der Waals surface area contributed by atoms with Gasteiger partial charge in [0.05, 0.1) is 18.0 Å². The van der Waals surface area contributed by atoms with E-state index in [1.807, 2.05) is 9.80 Å². The van der Waals surface area contributed by atoms with Crippen LogP contribution in [0.1, 0.15) is 0 Å². The first-order chi connectivity index (χ1) is 16.1. The van der Waals surface area contributed by atoms with Gasteiger partial charge in [-0.15, -0.1) is 13.2 Å². The van der Waals surface area contributed by atoms with Crippen molar-refractivity contribution in [2.75, 3.05) is 49.9 Å². The first-order valence-electron chi connectivity index (χ1n) is 10.2. The van der Waals surface area contributed by atoms with Crippen molar-refractivity contribution in [3.8, 4) is 5.75 Å². The Labute approximate surface area is 192 Å². The van der Waals surface area contributed by atoms with Crippen LogP contribution in [0.4, 0.5) is 30.2 Å². The summed E-state index contributed by atoms with van der Waals surface area (Å²) >= 11 is 0. The zero-order chi connectivity index (χ0) is 24.7. The van der Waals surface area contributed by atoms with Crippen LogP contribution < -0.4 is 15.4 Å². The molecule has 0 radical (unpaired) electrons. The maximum absolute atomic E-state index is 12.2. The van der Waals surface area contributed by atoms with Crippen molar-refractivity contribution in [1.29, 1.82) is 0 Å². The largest absolute Gasteiger partial charge is 0.573 e. The summed E-state index contributed by atoms with van der Waals surface area (Å²) in [6.07, 6.45) is -4.78. The maximum Gasteiger partial charge on any atom is 0.573 e. The van der Waals surface area contributed by atoms with Crippen LogP contribution in [0.15, 0.2) is 48.5 Å². The van der Waals surface area contributed by atoms with Crippen molar-refractivity contribution in [3.63, 3.8) is 0 Å². The van der Waals surface area contributed by atoms with Crippen LogP contribution in [0.2, 0.25) is 0 Å². The number of hydrogen-bond acceptors (Lipinski definition) is 7. The number of halogens is 3. The molecule has 13 heteroatoms. The van der Waals surface area contributed by atoms with Gasteiger partial charge >= 0.3 is 6.36 Å². The standard InChI is InChI=1S/C21H22F3N5O5/c22-21(23,24)34-18-7-3-16(4-8-18)26-20(31)14-28-11-9-27(10-12-28)13-19(30)25-15-1-5-17(6-2-15)29(32)33/h1-8H,9-14H2,(H,25,30)(H,26,31). The molecule has 10 nitrogen and oxygen atoms in total. The Morgan fingerprint density at radius 1 is 0.853 bits per heavy atom. The van der Waals surface area contributed by atoms with Crippen LogP contribution in [0, 0.1) is 10.1 Å². The molecule has 0 bridgehead atoms. The van der Waals surface area contributed by atoms with Gasteiger partial charge in [0, 0.05) is 49.7 Å². The van der Waals surface area contributed by atoms with E-state index in [1.165, 1.54) is 36.4 Å². The highest BCUT2D eigenvalue weighted by Crippen LogP contribution is 2.24. The summed E-state index contributed by atoms with van der Waals surface area (Å²) in [4.78, 5) is 38.5. The van der Waals surface area contributed by atoms with Crippen molar-refractivity contribution >= 4 is 28.9 Å². The Balaban J connectivity index is 1.37. The minimum atomic E-state index is -4.78. The molecule has 0 aliphatic carbocycles. The number of benzene rings is 2. The van der Waals surface area contributed by atoms with Gasteiger partial charge in [-0.3, -0.25) is 29.5 Å². The fourth-order valence-corrected chi connectivity index (χ4v) is 3.32. The van der Waals surface area contributed by atoms with Crippen molar-refractivity contribution < 1.29 is 32.4 Å². The molecule has 2 amide bonds. The summed E-state index contributed by atoms with van der Waals surface area (Å²) in [5, 5.41) is 16.0. The van der Waals surface area contributed by atoms with Crippen LogP contribution in [0.25, 0.3) is 0 Å². The normalized spacial score (nSPS) is 14.9. The fraction of sp³-hybridized carbons (Fsp3) is 0.333. The third kappa shape index (κ3) is 8.01. The summed E-state index contributed by atoms with van der Waals surface area (Å²) < 4.78 is 40.4. The molecule has 2 aromatic carbocycles. The number of piperazine rings is 1. The minimum Gasteiger partial charge on any atom is -0.406 e. The molecule has 2 aromatic rings. The number of ether oxygens (including phenoxy) is 1. The molecule has 2 N–H and O–H groups in total. The lowest BCUT2D eigenvalue weighted by molar-refractivity contribution is -0.384. The van der Waals surface area contributed by atoms with Gasteiger partial charge in [-0.05, 0) is 36.4 Å². The number of carbonyl (C=O) groups is 2. The molecule has 0 aromatic heterocycles. The lowest BCUT2D eigenvalue weighted by Gasteiger charge is -2.33. The van der Waals surface area contributed by atoms with E-state index in [4.69, 9.17) is 0 Å². The molecule has 0 unspecified atom stereocenters. The average molecular weight is 481 g/mol. The number of non-ortho nitro benzene ring substituents is 1. The molecule has 1 aliphatic heterocycles. The Hall–Kier alpha value is -3.71. The molecular formula is C21H22F3N5O5. The second-order valence-corrected chi connectivity index (χ2v) is 7.52. The summed E-state index contributed by atoms with van der Waals surface area (Å²) in [6, 6.07) is 10.4. The first-order valence-corrected chi connectivity index (χ1v) is 10.2. The highest BCUT2D eigenvalue weighted by molar-refractivity contribution is 5.93. The Morgan fingerprint density at radius 2 is 1.26 bits per heavy atom. The second kappa shape index (κ2) is 10.9. The number of amides is 2. The zero-order valence-corrected chi connectivity index (χ0v) is 17.9. The number of carbonyl (C=O) groups excluding carboxylic acids is 2. The zero-order valence-electron chi connectivity index (χ0n) is 17.9. The predicted molar refractivity (Wildman–Crippen MR) is 116 cm³/mol. The maximum atomic E-state index is 12.2. The molecule has 1 heterocycles. The SMILES string of the molecule is O=C(CN1CCN(CC(=O)Nc2ccc([N+](=O)[O-])cc2)CC1)Nc1ccc(OC(F)(F)F)cc1. The van der Waals surface area contributed by atoms with Crippen LogP contribution in [-0.2, 0) is 9.59 Å². The Bertz CT molecular complexity index is 1010. The number of hydrogen-bond donors (Lipinski definition) is 2. The van der Waals surface area contributed by atoms with Crippen molar-refractivity contribution in [1.82, 2.24) is 9.80 Å². The van der Waals surface area contributed by atoms with Gasteiger partial charge in [-0.25, -0.2) is 0 Å². The third-order valence-electron chi connectivity index (χ3n) is 4.93. The van der Waals surface area contributed by atoms with Crippen molar-refractivity contribution in [2.24, 2.45) is 0 Å². The van der Waals surface area contributed by atoms with E-state index in [0.717, 1.165) is 12.1 Å². The highest BCUT2D eigenvalue weighted by Gasteiger charge is 2.31. The number of nitrogens with zero attached hydrogens (tertiary/aromatic N) is 3. The summed E-state index contributed by atoms with van der Waals surface area (Å²) in [7, 11) is 0. The molecule has 0 spiro atoms. The molecule has 0 saturated carbocycles. The monoisotopic (exact) mass is 481 g/mol. The molecule has 182 valence electrons. The molecule has 1 saturated heterocycles. The van der Waals surface area contributed by atoms with Crippen LogP contribution in [0.5, 0.6) is 5.75 Å². The van der Waals surface area contributed by atoms with Gasteiger partial charge in [0.2, 0.25) is 11.8 Å². The number of alkyl halides is 3. The van der Waals surface area contributed by atoms with Gasteiger partial charge in [-0.2, -0.15) is 0 Å². The average Bonchev–Trinajstić information content (AvgIpc) is 2.76. The van der Waals surface area contributed by atoms with Crippen molar-refractivity contribution in [2.45, 2.75) is 6.36 Å². The van der Waals surface area contributed by atoms with E-state index >= 15 is 0 Å². The summed E-state index contributed by atoms with van der Waals surface area (Å²) in [5.41, 5.74) is 0.746. The van der Waals surface area contributed by atoms with E-state index in [2.05, 4.69) is 15.4 Å². The van der Waals surface area contributed by atoms with E-state index in [1.54, 1.807) is 0 Å². The second-order valence-electron chi connectivity index (χ2n) is 7.52. The third-order valence-corrected chi connectivity index (χ3v) is 4.93. The van der Waals surface area contributed by atoms with Crippen LogP contribution in [-0.4, -0.2) is 72.2 Å². The van der Waals surface area contributed by atoms with E-state index in [0.29, 0.717) is 37.6 Å². The molecular weight excluding hydrogens is 459 g/mol. The topological polar surface area (TPSA) is 117 Å². The van der Waals surface area contributed by atoms with Gasteiger partial charge < -0.3 is 15.4 Å². The molecule has 3 rings (SSSR count). The van der Waals surface area contributed by atoms with Crippen LogP contribution in [0.3, 0.4) is 0 Å². The number of nitro benzene ring substituents is 1. The van der Waals surface area contributed by atoms with Gasteiger partial charge in [-0.1, -0.05) is 0 Å². The predicted octanol–water partition coefficient (Wildman–Crippen LogP) is 2.69. The van der Waals surface area contributed by atoms with Crippen molar-refractivity contribution in [3.05, 3.63) is 58.6 Å². The lowest BCUT2D eigenvalue weighted by atomic mass is 10.2. The van der Waals surface area contributed by atoms with E-state index in [9.17, 15) is 32.9 Å². The number of nitrogens with one attached hydrogen (secondary N) is 2. The first kappa shape index (κ1) is 24.9. The van der Waals surface area contributed by atoms with Gasteiger partial charge in [0.1, 0.15) is 5.75 Å². The smallest absolute Gasteiger partial charge is 0.406 e. The quantitative estimate of drug-likeness (QED) is 0.440. The van der Waals surface area contributed by atoms with Gasteiger partial charge in [0.25, 0.3) is 5.69 Å². The number of rotatable bonds is 8. The fourth-order valence-electron chi connectivity index (χ4n) is 3.32. The lowest BCUT2D eigenvalue weighted by Crippen LogP contribution is -2.50. The Kier molecular flexibility index (Phi) is 8.02. The molecule has 0 atom stereocenters. The van der Waals surface area contributed by atoms with Gasteiger partial charge in [0.15, 0.2) is 0 Å². The summed E-state index contributed by atoms with van der Waals surface area (Å²) in [6.45, 7) is 2.47. The Morgan fingerprint density at radius 3 is 1.65 bits per heavy atom. The number of anilines is 2.